The van der Waals surface area contributed by atoms with Crippen molar-refractivity contribution in [3.63, 3.8) is 0 Å². The third-order valence-electron chi connectivity index (χ3n) is 5.17. The summed E-state index contributed by atoms with van der Waals surface area (Å²) in [5.41, 5.74) is 6.98. The minimum absolute atomic E-state index is 0.349. The zero-order chi connectivity index (χ0) is 19.0. The van der Waals surface area contributed by atoms with E-state index < -0.39 is 11.4 Å². The van der Waals surface area contributed by atoms with E-state index in [0.717, 1.165) is 18.4 Å². The minimum atomic E-state index is -0.973. The van der Waals surface area contributed by atoms with Gasteiger partial charge in [0.05, 0.1) is 11.9 Å². The van der Waals surface area contributed by atoms with Crippen molar-refractivity contribution in [2.24, 2.45) is 5.73 Å². The number of nitrogens with one attached hydrogen (secondary N) is 1. The van der Waals surface area contributed by atoms with Crippen molar-refractivity contribution in [3.8, 4) is 11.3 Å². The van der Waals surface area contributed by atoms with Gasteiger partial charge in [0.25, 0.3) is 5.91 Å². The number of amides is 2. The van der Waals surface area contributed by atoms with Crippen LogP contribution in [0.1, 0.15) is 36.0 Å². The van der Waals surface area contributed by atoms with E-state index in [4.69, 9.17) is 5.73 Å². The van der Waals surface area contributed by atoms with Crippen LogP contribution in [-0.4, -0.2) is 26.7 Å². The largest absolute Gasteiger partial charge is 0.368 e. The summed E-state index contributed by atoms with van der Waals surface area (Å²) in [5.74, 6) is -1.22. The summed E-state index contributed by atoms with van der Waals surface area (Å²) >= 11 is 0. The van der Waals surface area contributed by atoms with Crippen LogP contribution in [0.3, 0.4) is 0 Å². The van der Waals surface area contributed by atoms with Gasteiger partial charge in [-0.05, 0) is 37.1 Å². The number of hydrogen-bond acceptors (Lipinski definition) is 3. The number of nitrogens with zero attached hydrogens (tertiary/aromatic N) is 2. The van der Waals surface area contributed by atoms with E-state index in [1.54, 1.807) is 34.9 Å². The van der Waals surface area contributed by atoms with Crippen molar-refractivity contribution in [1.29, 1.82) is 0 Å². The molecule has 2 heterocycles. The van der Waals surface area contributed by atoms with Crippen molar-refractivity contribution < 1.29 is 14.0 Å². The SMILES string of the molecule is NC(=O)C1(NC(=O)c2cccc(-c3cnc4ccc(F)cn34)c2)CCCC1. The lowest BCUT2D eigenvalue weighted by Gasteiger charge is -2.26. The molecule has 6 nitrogen and oxygen atoms in total. The van der Waals surface area contributed by atoms with E-state index in [-0.39, 0.29) is 11.7 Å². The summed E-state index contributed by atoms with van der Waals surface area (Å²) < 4.78 is 15.2. The van der Waals surface area contributed by atoms with E-state index >= 15 is 0 Å². The summed E-state index contributed by atoms with van der Waals surface area (Å²) in [4.78, 5) is 28.9. The molecule has 7 heteroatoms. The predicted molar refractivity (Wildman–Crippen MR) is 98.4 cm³/mol. The number of benzene rings is 1. The summed E-state index contributed by atoms with van der Waals surface area (Å²) in [5, 5.41) is 2.83. The van der Waals surface area contributed by atoms with Gasteiger partial charge in [-0.3, -0.25) is 14.0 Å². The molecule has 0 bridgehead atoms. The zero-order valence-electron chi connectivity index (χ0n) is 14.6. The molecule has 27 heavy (non-hydrogen) atoms. The number of nitrogens with two attached hydrogens (primary N) is 1. The highest BCUT2D eigenvalue weighted by Gasteiger charge is 2.41. The lowest BCUT2D eigenvalue weighted by atomic mass is 9.96. The second-order valence-corrected chi connectivity index (χ2v) is 6.91. The molecule has 0 saturated heterocycles. The second-order valence-electron chi connectivity index (χ2n) is 6.91. The fourth-order valence-electron chi connectivity index (χ4n) is 3.69. The number of pyridine rings is 1. The van der Waals surface area contributed by atoms with Gasteiger partial charge < -0.3 is 11.1 Å². The van der Waals surface area contributed by atoms with E-state index in [1.165, 1.54) is 12.3 Å². The molecule has 3 N–H and O–H groups in total. The van der Waals surface area contributed by atoms with Gasteiger partial charge in [-0.1, -0.05) is 25.0 Å². The number of imidazole rings is 1. The first-order valence-corrected chi connectivity index (χ1v) is 8.84. The molecule has 1 aliphatic carbocycles. The highest BCUT2D eigenvalue weighted by atomic mass is 19.1. The van der Waals surface area contributed by atoms with E-state index in [9.17, 15) is 14.0 Å². The lowest BCUT2D eigenvalue weighted by Crippen LogP contribution is -2.55. The van der Waals surface area contributed by atoms with Crippen LogP contribution in [0.5, 0.6) is 0 Å². The first-order valence-electron chi connectivity index (χ1n) is 8.84. The summed E-state index contributed by atoms with van der Waals surface area (Å²) in [6.45, 7) is 0. The fourth-order valence-corrected chi connectivity index (χ4v) is 3.69. The molecule has 4 rings (SSSR count). The smallest absolute Gasteiger partial charge is 0.252 e. The number of carbonyl (C=O) groups excluding carboxylic acids is 2. The van der Waals surface area contributed by atoms with Crippen molar-refractivity contribution >= 4 is 17.5 Å². The summed E-state index contributed by atoms with van der Waals surface area (Å²) in [7, 11) is 0. The summed E-state index contributed by atoms with van der Waals surface area (Å²) in [6.07, 6.45) is 5.81. The molecule has 1 fully saturated rings. The molecule has 1 saturated carbocycles. The van der Waals surface area contributed by atoms with E-state index in [0.29, 0.717) is 29.7 Å². The van der Waals surface area contributed by atoms with Gasteiger partial charge in [-0.25, -0.2) is 9.37 Å². The highest BCUT2D eigenvalue weighted by molar-refractivity contribution is 5.99. The van der Waals surface area contributed by atoms with Gasteiger partial charge in [0.15, 0.2) is 0 Å². The van der Waals surface area contributed by atoms with Crippen LogP contribution in [0.15, 0.2) is 48.8 Å². The maximum atomic E-state index is 13.6. The Bertz CT molecular complexity index is 1040. The van der Waals surface area contributed by atoms with Gasteiger partial charge in [0.1, 0.15) is 17.0 Å². The van der Waals surface area contributed by atoms with Gasteiger partial charge in [0, 0.05) is 17.3 Å². The molecule has 0 aliphatic heterocycles. The van der Waals surface area contributed by atoms with E-state index in [2.05, 4.69) is 10.3 Å². The number of hydrogen-bond donors (Lipinski definition) is 2. The number of rotatable bonds is 4. The lowest BCUT2D eigenvalue weighted by molar-refractivity contribution is -0.123. The molecule has 1 aliphatic rings. The van der Waals surface area contributed by atoms with Gasteiger partial charge in [-0.15, -0.1) is 0 Å². The maximum Gasteiger partial charge on any atom is 0.252 e. The molecule has 0 atom stereocenters. The predicted octanol–water partition coefficient (Wildman–Crippen LogP) is 2.67. The molecule has 138 valence electrons. The number of primary amides is 1. The number of fused-ring (bicyclic) bond motifs is 1. The Morgan fingerprint density at radius 1 is 1.19 bits per heavy atom. The van der Waals surface area contributed by atoms with Gasteiger partial charge in [0.2, 0.25) is 5.91 Å². The number of halogens is 1. The molecule has 0 spiro atoms. The highest BCUT2D eigenvalue weighted by Crippen LogP contribution is 2.30. The van der Waals surface area contributed by atoms with Crippen LogP contribution >= 0.6 is 0 Å². The summed E-state index contributed by atoms with van der Waals surface area (Å²) in [6, 6.07) is 9.88. The molecule has 3 aromatic rings. The third kappa shape index (κ3) is 3.05. The Balaban J connectivity index is 1.67. The molecular weight excluding hydrogens is 347 g/mol. The average Bonchev–Trinajstić information content (AvgIpc) is 3.29. The molecule has 0 radical (unpaired) electrons. The topological polar surface area (TPSA) is 89.5 Å². The standard InChI is InChI=1S/C20H19FN4O2/c21-15-6-7-17-23-11-16(25(17)12-15)13-4-3-5-14(10-13)18(26)24-20(19(22)27)8-1-2-9-20/h3-7,10-12H,1-2,8-9H2,(H2,22,27)(H,24,26). The quantitative estimate of drug-likeness (QED) is 0.744. The first kappa shape index (κ1) is 17.2. The van der Waals surface area contributed by atoms with Crippen molar-refractivity contribution in [2.45, 2.75) is 31.2 Å². The Labute approximate surface area is 155 Å². The van der Waals surface area contributed by atoms with Crippen LogP contribution in [0, 0.1) is 5.82 Å². The van der Waals surface area contributed by atoms with Crippen LogP contribution in [0.25, 0.3) is 16.9 Å². The molecule has 1 aromatic carbocycles. The zero-order valence-corrected chi connectivity index (χ0v) is 14.6. The van der Waals surface area contributed by atoms with Crippen LogP contribution < -0.4 is 11.1 Å². The van der Waals surface area contributed by atoms with Crippen molar-refractivity contribution in [3.05, 3.63) is 60.2 Å². The second kappa shape index (κ2) is 6.50. The maximum absolute atomic E-state index is 13.6. The Morgan fingerprint density at radius 2 is 1.96 bits per heavy atom. The molecule has 0 unspecified atom stereocenters. The van der Waals surface area contributed by atoms with Crippen LogP contribution in [0.4, 0.5) is 4.39 Å². The Morgan fingerprint density at radius 3 is 2.70 bits per heavy atom. The van der Waals surface area contributed by atoms with Crippen LogP contribution in [-0.2, 0) is 4.79 Å². The average molecular weight is 366 g/mol. The molecular formula is C20H19FN4O2. The van der Waals surface area contributed by atoms with Crippen molar-refractivity contribution in [2.75, 3.05) is 0 Å². The fraction of sp³-hybridized carbons (Fsp3) is 0.250. The Kier molecular flexibility index (Phi) is 4.14. The molecule has 2 amide bonds. The monoisotopic (exact) mass is 366 g/mol. The first-order chi connectivity index (χ1) is 13.0. The Hall–Kier alpha value is -3.22. The van der Waals surface area contributed by atoms with Gasteiger partial charge in [-0.2, -0.15) is 0 Å². The minimum Gasteiger partial charge on any atom is -0.368 e. The number of carbonyl (C=O) groups is 2. The molecule has 2 aromatic heterocycles. The van der Waals surface area contributed by atoms with E-state index in [1.807, 2.05) is 6.07 Å². The third-order valence-corrected chi connectivity index (χ3v) is 5.17. The number of aromatic nitrogens is 2. The van der Waals surface area contributed by atoms with Crippen LogP contribution in [0.2, 0.25) is 0 Å². The normalized spacial score (nSPS) is 15.7. The van der Waals surface area contributed by atoms with Gasteiger partial charge >= 0.3 is 0 Å². The van der Waals surface area contributed by atoms with Crippen molar-refractivity contribution in [1.82, 2.24) is 14.7 Å².